The summed E-state index contributed by atoms with van der Waals surface area (Å²) >= 11 is 5.25. The third-order valence-electron chi connectivity index (χ3n) is 3.53. The predicted molar refractivity (Wildman–Crippen MR) is 84.7 cm³/mol. The molecule has 7 heteroatoms. The first-order chi connectivity index (χ1) is 10.6. The molecule has 1 heterocycles. The molecule has 0 bridgehead atoms. The zero-order valence-corrected chi connectivity index (χ0v) is 12.9. The highest BCUT2D eigenvalue weighted by atomic mass is 32.1. The minimum absolute atomic E-state index is 0.336. The van der Waals surface area contributed by atoms with Crippen LogP contribution in [-0.2, 0) is 0 Å². The molecule has 2 rings (SSSR count). The van der Waals surface area contributed by atoms with Crippen LogP contribution >= 0.6 is 12.2 Å². The van der Waals surface area contributed by atoms with Crippen molar-refractivity contribution in [3.8, 4) is 6.07 Å². The number of nitriles is 1. The van der Waals surface area contributed by atoms with E-state index >= 15 is 0 Å². The Kier molecular flexibility index (Phi) is 5.81. The maximum atomic E-state index is 12.8. The van der Waals surface area contributed by atoms with Gasteiger partial charge in [0, 0.05) is 44.7 Å². The van der Waals surface area contributed by atoms with Gasteiger partial charge in [-0.15, -0.1) is 0 Å². The molecule has 0 unspecified atom stereocenters. The molecule has 116 valence electrons. The van der Waals surface area contributed by atoms with Crippen LogP contribution < -0.4 is 5.32 Å². The highest BCUT2D eigenvalue weighted by molar-refractivity contribution is 7.80. The molecular weight excluding hydrogens is 303 g/mol. The van der Waals surface area contributed by atoms with Gasteiger partial charge in [0.2, 0.25) is 0 Å². The van der Waals surface area contributed by atoms with Crippen LogP contribution in [0.3, 0.4) is 0 Å². The Balaban J connectivity index is 1.82. The molecule has 1 aromatic rings. The number of benzene rings is 1. The number of carbonyl (C=O) groups excluding carboxylic acids is 1. The fraction of sp³-hybridized carbons (Fsp3) is 0.400. The van der Waals surface area contributed by atoms with Gasteiger partial charge in [0.15, 0.2) is 5.11 Å². The number of halogens is 1. The number of carbonyl (C=O) groups is 1. The molecule has 0 saturated carbocycles. The standard InChI is InChI=1S/C15H17FN4OS/c16-13-4-2-12(3-5-13)14(21)18-15(22)20-10-8-19(9-11-20)7-1-6-17/h2-5H,1,7-11H2,(H,18,21,22). The Morgan fingerprint density at radius 3 is 2.50 bits per heavy atom. The molecule has 1 amide bonds. The van der Waals surface area contributed by atoms with Gasteiger partial charge in [0.05, 0.1) is 6.07 Å². The van der Waals surface area contributed by atoms with Gasteiger partial charge in [-0.1, -0.05) is 0 Å². The second kappa shape index (κ2) is 7.82. The number of hydrogen-bond acceptors (Lipinski definition) is 4. The lowest BCUT2D eigenvalue weighted by molar-refractivity contribution is 0.0969. The maximum absolute atomic E-state index is 12.8. The summed E-state index contributed by atoms with van der Waals surface area (Å²) in [4.78, 5) is 16.1. The van der Waals surface area contributed by atoms with Gasteiger partial charge in [-0.3, -0.25) is 15.0 Å². The first kappa shape index (κ1) is 16.3. The van der Waals surface area contributed by atoms with Crippen LogP contribution in [0.2, 0.25) is 0 Å². The van der Waals surface area contributed by atoms with Crippen LogP contribution in [0, 0.1) is 17.1 Å². The van der Waals surface area contributed by atoms with Crippen LogP contribution in [0.5, 0.6) is 0 Å². The van der Waals surface area contributed by atoms with Gasteiger partial charge < -0.3 is 4.90 Å². The van der Waals surface area contributed by atoms with E-state index < -0.39 is 0 Å². The van der Waals surface area contributed by atoms with Gasteiger partial charge in [-0.2, -0.15) is 5.26 Å². The van der Waals surface area contributed by atoms with Gasteiger partial charge in [0.25, 0.3) is 5.91 Å². The summed E-state index contributed by atoms with van der Waals surface area (Å²) in [6.45, 7) is 3.82. The minimum atomic E-state index is -0.382. The quantitative estimate of drug-likeness (QED) is 0.853. The van der Waals surface area contributed by atoms with Crippen LogP contribution in [0.15, 0.2) is 24.3 Å². The summed E-state index contributed by atoms with van der Waals surface area (Å²) in [5.74, 6) is -0.718. The van der Waals surface area contributed by atoms with Gasteiger partial charge in [-0.05, 0) is 36.5 Å². The predicted octanol–water partition coefficient (Wildman–Crippen LogP) is 1.37. The van der Waals surface area contributed by atoms with Gasteiger partial charge >= 0.3 is 0 Å². The maximum Gasteiger partial charge on any atom is 0.257 e. The van der Waals surface area contributed by atoms with E-state index in [0.29, 0.717) is 30.2 Å². The lowest BCUT2D eigenvalue weighted by Crippen LogP contribution is -2.52. The molecule has 1 N–H and O–H groups in total. The highest BCUT2D eigenvalue weighted by Crippen LogP contribution is 2.05. The van der Waals surface area contributed by atoms with E-state index in [1.165, 1.54) is 24.3 Å². The van der Waals surface area contributed by atoms with E-state index in [2.05, 4.69) is 16.3 Å². The zero-order valence-electron chi connectivity index (χ0n) is 12.1. The summed E-state index contributed by atoms with van der Waals surface area (Å²) in [5.41, 5.74) is 0.372. The second-order valence-electron chi connectivity index (χ2n) is 5.00. The molecule has 22 heavy (non-hydrogen) atoms. The Bertz CT molecular complexity index is 576. The summed E-state index contributed by atoms with van der Waals surface area (Å²) < 4.78 is 12.8. The summed E-state index contributed by atoms with van der Waals surface area (Å²) in [5, 5.41) is 11.6. The molecule has 1 aliphatic heterocycles. The summed E-state index contributed by atoms with van der Waals surface area (Å²) in [6.07, 6.45) is 0.520. The number of thiocarbonyl (C=S) groups is 1. The number of piperazine rings is 1. The monoisotopic (exact) mass is 320 g/mol. The largest absolute Gasteiger partial charge is 0.346 e. The number of hydrogen-bond donors (Lipinski definition) is 1. The molecule has 5 nitrogen and oxygen atoms in total. The Morgan fingerprint density at radius 1 is 1.27 bits per heavy atom. The fourth-order valence-electron chi connectivity index (χ4n) is 2.23. The van der Waals surface area contributed by atoms with E-state index in [-0.39, 0.29) is 11.7 Å². The smallest absolute Gasteiger partial charge is 0.257 e. The van der Waals surface area contributed by atoms with E-state index in [1.54, 1.807) is 0 Å². The SMILES string of the molecule is N#CCCN1CCN(C(=S)NC(=O)c2ccc(F)cc2)CC1. The minimum Gasteiger partial charge on any atom is -0.346 e. The van der Waals surface area contributed by atoms with E-state index in [1.807, 2.05) is 4.90 Å². The first-order valence-electron chi connectivity index (χ1n) is 7.05. The van der Waals surface area contributed by atoms with Crippen molar-refractivity contribution in [2.45, 2.75) is 6.42 Å². The van der Waals surface area contributed by atoms with Crippen molar-refractivity contribution in [2.75, 3.05) is 32.7 Å². The zero-order chi connectivity index (χ0) is 15.9. The van der Waals surface area contributed by atoms with Gasteiger partial charge in [-0.25, -0.2) is 4.39 Å². The normalized spacial score (nSPS) is 15.2. The van der Waals surface area contributed by atoms with E-state index in [0.717, 1.165) is 19.6 Å². The lowest BCUT2D eigenvalue weighted by Gasteiger charge is -2.35. The summed E-state index contributed by atoms with van der Waals surface area (Å²) in [7, 11) is 0. The molecule has 1 saturated heterocycles. The Morgan fingerprint density at radius 2 is 1.91 bits per heavy atom. The molecular formula is C15H17FN4OS. The van der Waals surface area contributed by atoms with Crippen molar-refractivity contribution in [3.63, 3.8) is 0 Å². The topological polar surface area (TPSA) is 59.4 Å². The Hall–Kier alpha value is -2.04. The Labute approximate surface area is 134 Å². The van der Waals surface area contributed by atoms with Crippen LogP contribution in [0.1, 0.15) is 16.8 Å². The second-order valence-corrected chi connectivity index (χ2v) is 5.39. The van der Waals surface area contributed by atoms with Gasteiger partial charge in [0.1, 0.15) is 5.82 Å². The average molecular weight is 320 g/mol. The molecule has 1 fully saturated rings. The number of nitrogens with zero attached hydrogens (tertiary/aromatic N) is 3. The van der Waals surface area contributed by atoms with E-state index in [4.69, 9.17) is 17.5 Å². The molecule has 0 radical (unpaired) electrons. The third kappa shape index (κ3) is 4.48. The van der Waals surface area contributed by atoms with Crippen molar-refractivity contribution >= 4 is 23.2 Å². The highest BCUT2D eigenvalue weighted by Gasteiger charge is 2.20. The fourth-order valence-corrected chi connectivity index (χ4v) is 2.51. The molecule has 1 aliphatic rings. The van der Waals surface area contributed by atoms with Crippen molar-refractivity contribution in [1.82, 2.24) is 15.1 Å². The third-order valence-corrected chi connectivity index (χ3v) is 3.89. The van der Waals surface area contributed by atoms with Crippen LogP contribution in [0.4, 0.5) is 4.39 Å². The number of nitrogens with one attached hydrogen (secondary N) is 1. The average Bonchev–Trinajstić information content (AvgIpc) is 2.54. The number of rotatable bonds is 3. The van der Waals surface area contributed by atoms with Crippen molar-refractivity contribution < 1.29 is 9.18 Å². The molecule has 0 spiro atoms. The molecule has 1 aromatic carbocycles. The molecule has 0 aliphatic carbocycles. The molecule has 0 aromatic heterocycles. The summed E-state index contributed by atoms with van der Waals surface area (Å²) in [6, 6.07) is 7.46. The van der Waals surface area contributed by atoms with Crippen LogP contribution in [-0.4, -0.2) is 53.5 Å². The first-order valence-corrected chi connectivity index (χ1v) is 7.46. The van der Waals surface area contributed by atoms with Crippen molar-refractivity contribution in [1.29, 1.82) is 5.26 Å². The number of amides is 1. The van der Waals surface area contributed by atoms with Crippen LogP contribution in [0.25, 0.3) is 0 Å². The van der Waals surface area contributed by atoms with Crippen molar-refractivity contribution in [2.24, 2.45) is 0 Å². The van der Waals surface area contributed by atoms with Crippen molar-refractivity contribution in [3.05, 3.63) is 35.6 Å². The lowest BCUT2D eigenvalue weighted by atomic mass is 10.2. The molecule has 0 atom stereocenters. The van der Waals surface area contributed by atoms with E-state index in [9.17, 15) is 9.18 Å².